The molecule has 2 aromatic heterocycles. The van der Waals surface area contributed by atoms with E-state index in [0.717, 1.165) is 38.9 Å². The molecule has 2 aliphatic heterocycles. The molecule has 0 bridgehead atoms. The van der Waals surface area contributed by atoms with Crippen LogP contribution in [0.4, 0.5) is 16.0 Å². The lowest BCUT2D eigenvalue weighted by molar-refractivity contribution is -0.120. The van der Waals surface area contributed by atoms with Crippen molar-refractivity contribution in [3.05, 3.63) is 29.4 Å². The third-order valence-corrected chi connectivity index (χ3v) is 6.63. The number of piperidine rings is 1. The molecule has 2 aliphatic rings. The van der Waals surface area contributed by atoms with Crippen molar-refractivity contribution < 1.29 is 13.9 Å². The molecule has 1 atom stereocenters. The molecule has 0 spiro atoms. The molecule has 178 valence electrons. The largest absolute Gasteiger partial charge is 0.381 e. The average molecular weight is 477 g/mol. The second kappa shape index (κ2) is 10.3. The van der Waals surface area contributed by atoms with Gasteiger partial charge in [-0.15, -0.1) is 0 Å². The number of carbonyl (C=O) groups excluding carboxylic acids is 1. The van der Waals surface area contributed by atoms with Gasteiger partial charge in [0.05, 0.1) is 22.8 Å². The van der Waals surface area contributed by atoms with Crippen molar-refractivity contribution in [2.75, 3.05) is 36.9 Å². The highest BCUT2D eigenvalue weighted by atomic mass is 35.5. The number of nitrogens with zero attached hydrogens (tertiary/aromatic N) is 3. The number of anilines is 2. The zero-order chi connectivity index (χ0) is 23.4. The van der Waals surface area contributed by atoms with Crippen LogP contribution in [0.2, 0.25) is 5.02 Å². The van der Waals surface area contributed by atoms with Crippen molar-refractivity contribution in [3.8, 4) is 11.3 Å². The smallest absolute Gasteiger partial charge is 0.255 e. The van der Waals surface area contributed by atoms with Gasteiger partial charge in [0.25, 0.3) is 5.95 Å². The summed E-state index contributed by atoms with van der Waals surface area (Å²) in [6.07, 6.45) is 6.35. The van der Waals surface area contributed by atoms with Crippen LogP contribution in [-0.4, -0.2) is 52.7 Å². The first kappa shape index (κ1) is 23.8. The minimum atomic E-state index is -0.669. The van der Waals surface area contributed by atoms with E-state index in [1.807, 2.05) is 0 Å². The number of aromatic nitrogens is 3. The summed E-state index contributed by atoms with van der Waals surface area (Å²) >= 11 is 6.36. The Kier molecular flexibility index (Phi) is 7.41. The molecule has 4 heterocycles. The number of rotatable bonds is 6. The van der Waals surface area contributed by atoms with Crippen molar-refractivity contribution in [3.63, 3.8) is 0 Å². The van der Waals surface area contributed by atoms with E-state index in [9.17, 15) is 9.18 Å². The highest BCUT2D eigenvalue weighted by Gasteiger charge is 2.30. The van der Waals surface area contributed by atoms with E-state index in [2.05, 4.69) is 44.7 Å². The molecule has 0 saturated carbocycles. The molecule has 0 aromatic carbocycles. The van der Waals surface area contributed by atoms with Gasteiger partial charge in [0, 0.05) is 43.6 Å². The molecule has 10 heteroatoms. The fourth-order valence-corrected chi connectivity index (χ4v) is 4.29. The Labute approximate surface area is 198 Å². The zero-order valence-electron chi connectivity index (χ0n) is 19.0. The maximum absolute atomic E-state index is 14.3. The minimum absolute atomic E-state index is 0.0419. The summed E-state index contributed by atoms with van der Waals surface area (Å²) in [6.45, 7) is 6.91. The van der Waals surface area contributed by atoms with E-state index in [0.29, 0.717) is 41.1 Å². The summed E-state index contributed by atoms with van der Waals surface area (Å²) in [6, 6.07) is 1.64. The topological polar surface area (TPSA) is 101 Å². The molecule has 0 unspecified atom stereocenters. The van der Waals surface area contributed by atoms with Gasteiger partial charge in [-0.2, -0.15) is 4.39 Å². The standard InChI is InChI=1S/C23H30ClFN6O2/c1-23(2)6-3-15(11-29-23)22(32)31-19-9-16(17(24)12-26-19)18-13-27-20(25)21(30-18)28-10-14-4-7-33-8-5-14/h9,12-15,29H,3-8,10-11H2,1-2H3,(H,28,30)(H,26,31,32)/t15-/m1/s1. The number of hydrogen-bond donors (Lipinski definition) is 3. The molecule has 8 nitrogen and oxygen atoms in total. The van der Waals surface area contributed by atoms with Crippen LogP contribution in [-0.2, 0) is 9.53 Å². The van der Waals surface area contributed by atoms with Crippen LogP contribution in [0.1, 0.15) is 39.5 Å². The van der Waals surface area contributed by atoms with Crippen LogP contribution >= 0.6 is 11.6 Å². The lowest BCUT2D eigenvalue weighted by Gasteiger charge is -2.35. The number of ether oxygens (including phenoxy) is 1. The molecule has 2 saturated heterocycles. The Morgan fingerprint density at radius 2 is 2.06 bits per heavy atom. The van der Waals surface area contributed by atoms with E-state index in [1.165, 1.54) is 12.4 Å². The SMILES string of the molecule is CC1(C)CC[C@@H](C(=O)Nc2cc(-c3cnc(F)c(NCC4CCOCC4)n3)c(Cl)cn2)CN1. The molecular formula is C23H30ClFN6O2. The van der Waals surface area contributed by atoms with Gasteiger partial charge < -0.3 is 20.7 Å². The predicted octanol–water partition coefficient (Wildman–Crippen LogP) is 3.89. The first-order valence-electron chi connectivity index (χ1n) is 11.4. The lowest BCUT2D eigenvalue weighted by Crippen LogP contribution is -2.49. The fourth-order valence-electron chi connectivity index (χ4n) is 4.09. The maximum atomic E-state index is 14.3. The molecule has 2 aromatic rings. The van der Waals surface area contributed by atoms with Gasteiger partial charge in [0.2, 0.25) is 5.91 Å². The van der Waals surface area contributed by atoms with Crippen molar-refractivity contribution >= 4 is 29.1 Å². The first-order chi connectivity index (χ1) is 15.8. The summed E-state index contributed by atoms with van der Waals surface area (Å²) in [4.78, 5) is 25.2. The van der Waals surface area contributed by atoms with Gasteiger partial charge in [-0.3, -0.25) is 4.79 Å². The van der Waals surface area contributed by atoms with Crippen LogP contribution in [0.3, 0.4) is 0 Å². The Balaban J connectivity index is 1.46. The van der Waals surface area contributed by atoms with Gasteiger partial charge in [-0.05, 0) is 51.5 Å². The third-order valence-electron chi connectivity index (χ3n) is 6.33. The van der Waals surface area contributed by atoms with Crippen LogP contribution in [0.25, 0.3) is 11.3 Å². The van der Waals surface area contributed by atoms with Gasteiger partial charge >= 0.3 is 0 Å². The summed E-state index contributed by atoms with van der Waals surface area (Å²) in [5.74, 6) is -0.0548. The van der Waals surface area contributed by atoms with Gasteiger partial charge in [0.15, 0.2) is 5.82 Å². The summed E-state index contributed by atoms with van der Waals surface area (Å²) < 4.78 is 19.7. The Morgan fingerprint density at radius 3 is 2.79 bits per heavy atom. The van der Waals surface area contributed by atoms with Crippen molar-refractivity contribution in [2.45, 2.75) is 45.1 Å². The van der Waals surface area contributed by atoms with Crippen LogP contribution in [0.15, 0.2) is 18.5 Å². The Morgan fingerprint density at radius 1 is 1.27 bits per heavy atom. The second-order valence-electron chi connectivity index (χ2n) is 9.37. The predicted molar refractivity (Wildman–Crippen MR) is 126 cm³/mol. The number of pyridine rings is 1. The number of halogens is 2. The zero-order valence-corrected chi connectivity index (χ0v) is 19.7. The molecule has 1 amide bonds. The quantitative estimate of drug-likeness (QED) is 0.581. The maximum Gasteiger partial charge on any atom is 0.255 e. The third kappa shape index (κ3) is 6.16. The second-order valence-corrected chi connectivity index (χ2v) is 9.78. The average Bonchev–Trinajstić information content (AvgIpc) is 2.80. The molecule has 33 heavy (non-hydrogen) atoms. The van der Waals surface area contributed by atoms with Gasteiger partial charge in [-0.25, -0.2) is 15.0 Å². The van der Waals surface area contributed by atoms with Crippen LogP contribution in [0, 0.1) is 17.8 Å². The first-order valence-corrected chi connectivity index (χ1v) is 11.7. The van der Waals surface area contributed by atoms with E-state index in [-0.39, 0.29) is 23.2 Å². The molecular weight excluding hydrogens is 447 g/mol. The van der Waals surface area contributed by atoms with E-state index in [4.69, 9.17) is 16.3 Å². The van der Waals surface area contributed by atoms with Gasteiger partial charge in [-0.1, -0.05) is 11.6 Å². The summed E-state index contributed by atoms with van der Waals surface area (Å²) in [5.41, 5.74) is 0.960. The number of nitrogens with one attached hydrogen (secondary N) is 3. The highest BCUT2D eigenvalue weighted by Crippen LogP contribution is 2.30. The summed E-state index contributed by atoms with van der Waals surface area (Å²) in [7, 11) is 0. The highest BCUT2D eigenvalue weighted by molar-refractivity contribution is 6.33. The van der Waals surface area contributed by atoms with Crippen molar-refractivity contribution in [2.24, 2.45) is 11.8 Å². The molecule has 2 fully saturated rings. The number of hydrogen-bond acceptors (Lipinski definition) is 7. The summed E-state index contributed by atoms with van der Waals surface area (Å²) in [5, 5.41) is 9.68. The Hall–Kier alpha value is -2.36. The monoisotopic (exact) mass is 476 g/mol. The molecule has 0 aliphatic carbocycles. The minimum Gasteiger partial charge on any atom is -0.381 e. The number of amides is 1. The van der Waals surface area contributed by atoms with Gasteiger partial charge in [0.1, 0.15) is 5.82 Å². The van der Waals surface area contributed by atoms with Crippen LogP contribution in [0.5, 0.6) is 0 Å². The molecule has 4 rings (SSSR count). The Bertz CT molecular complexity index is 989. The number of carbonyl (C=O) groups is 1. The van der Waals surface area contributed by atoms with Crippen molar-refractivity contribution in [1.82, 2.24) is 20.3 Å². The molecule has 0 radical (unpaired) electrons. The van der Waals surface area contributed by atoms with E-state index < -0.39 is 5.95 Å². The van der Waals surface area contributed by atoms with Crippen LogP contribution < -0.4 is 16.0 Å². The fraction of sp³-hybridized carbons (Fsp3) is 0.565. The van der Waals surface area contributed by atoms with Crippen molar-refractivity contribution in [1.29, 1.82) is 0 Å². The van der Waals surface area contributed by atoms with E-state index >= 15 is 0 Å². The van der Waals surface area contributed by atoms with E-state index in [1.54, 1.807) is 6.07 Å². The normalized spacial score (nSPS) is 20.9. The lowest BCUT2D eigenvalue weighted by atomic mass is 9.86. The molecule has 3 N–H and O–H groups in total.